The van der Waals surface area contributed by atoms with E-state index in [-0.39, 0.29) is 0 Å². The second kappa shape index (κ2) is 11.7. The molecular formula is C22H31N3O3. The molecule has 0 bridgehead atoms. The lowest BCUT2D eigenvalue weighted by atomic mass is 10.1. The fourth-order valence-corrected chi connectivity index (χ4v) is 2.96. The van der Waals surface area contributed by atoms with Gasteiger partial charge in [0.2, 0.25) is 5.75 Å². The topological polar surface area (TPSA) is 64.1 Å². The average molecular weight is 386 g/mol. The molecular weight excluding hydrogens is 354 g/mol. The maximum atomic E-state index is 5.54. The number of ether oxygens (including phenoxy) is 3. The van der Waals surface area contributed by atoms with Gasteiger partial charge in [-0.2, -0.15) is 0 Å². The van der Waals surface area contributed by atoms with Crippen molar-refractivity contribution in [3.63, 3.8) is 0 Å². The average Bonchev–Trinajstić information content (AvgIpc) is 2.73. The van der Waals surface area contributed by atoms with Gasteiger partial charge in [0, 0.05) is 25.2 Å². The molecule has 0 aromatic heterocycles. The van der Waals surface area contributed by atoms with Crippen molar-refractivity contribution in [2.24, 2.45) is 4.99 Å². The summed E-state index contributed by atoms with van der Waals surface area (Å²) in [6.07, 6.45) is 1.69. The zero-order valence-corrected chi connectivity index (χ0v) is 17.2. The summed E-state index contributed by atoms with van der Waals surface area (Å²) in [5, 5.41) is 6.68. The van der Waals surface area contributed by atoms with Crippen molar-refractivity contribution in [3.05, 3.63) is 53.6 Å². The van der Waals surface area contributed by atoms with Crippen LogP contribution in [0.4, 0.5) is 0 Å². The van der Waals surface area contributed by atoms with Gasteiger partial charge in [-0.3, -0.25) is 4.99 Å². The molecule has 0 aliphatic rings. The van der Waals surface area contributed by atoms with Crippen LogP contribution in [0.15, 0.2) is 47.5 Å². The Morgan fingerprint density at radius 2 is 1.61 bits per heavy atom. The van der Waals surface area contributed by atoms with Crippen LogP contribution in [0.1, 0.15) is 18.1 Å². The molecule has 2 N–H and O–H groups in total. The predicted molar refractivity (Wildman–Crippen MR) is 114 cm³/mol. The molecule has 0 amide bonds. The van der Waals surface area contributed by atoms with Gasteiger partial charge >= 0.3 is 0 Å². The van der Waals surface area contributed by atoms with Crippen LogP contribution in [0.5, 0.6) is 17.2 Å². The van der Waals surface area contributed by atoms with Crippen LogP contribution in [0.25, 0.3) is 0 Å². The van der Waals surface area contributed by atoms with E-state index in [9.17, 15) is 0 Å². The Kier molecular flexibility index (Phi) is 8.98. The highest BCUT2D eigenvalue weighted by Crippen LogP contribution is 2.39. The molecule has 0 atom stereocenters. The minimum Gasteiger partial charge on any atom is -0.493 e. The lowest BCUT2D eigenvalue weighted by Crippen LogP contribution is -2.38. The monoisotopic (exact) mass is 385 g/mol. The molecule has 2 aromatic carbocycles. The molecule has 0 heterocycles. The van der Waals surface area contributed by atoms with Crippen LogP contribution in [-0.4, -0.2) is 46.9 Å². The smallest absolute Gasteiger partial charge is 0.203 e. The number of hydrogen-bond acceptors (Lipinski definition) is 4. The van der Waals surface area contributed by atoms with Crippen LogP contribution in [0, 0.1) is 0 Å². The zero-order chi connectivity index (χ0) is 20.2. The molecule has 2 aromatic rings. The summed E-state index contributed by atoms with van der Waals surface area (Å²) < 4.78 is 16.3. The highest BCUT2D eigenvalue weighted by atomic mass is 16.5. The molecule has 6 heteroatoms. The summed E-state index contributed by atoms with van der Waals surface area (Å²) in [7, 11) is 4.87. The van der Waals surface area contributed by atoms with E-state index in [1.54, 1.807) is 21.3 Å². The third kappa shape index (κ3) is 6.08. The zero-order valence-electron chi connectivity index (χ0n) is 17.2. The summed E-state index contributed by atoms with van der Waals surface area (Å²) in [6, 6.07) is 14.3. The lowest BCUT2D eigenvalue weighted by molar-refractivity contribution is 0.322. The van der Waals surface area contributed by atoms with Crippen molar-refractivity contribution in [2.75, 3.05) is 41.0 Å². The molecule has 0 saturated carbocycles. The van der Waals surface area contributed by atoms with Gasteiger partial charge < -0.3 is 24.8 Å². The fraction of sp³-hybridized carbons (Fsp3) is 0.409. The summed E-state index contributed by atoms with van der Waals surface area (Å²) in [5.41, 5.74) is 2.34. The summed E-state index contributed by atoms with van der Waals surface area (Å²) in [6.45, 7) is 4.34. The molecule has 28 heavy (non-hydrogen) atoms. The highest BCUT2D eigenvalue weighted by Gasteiger charge is 2.15. The van der Waals surface area contributed by atoms with E-state index in [4.69, 9.17) is 14.2 Å². The number of nitrogens with one attached hydrogen (secondary N) is 2. The largest absolute Gasteiger partial charge is 0.493 e. The normalized spacial score (nSPS) is 11.1. The Morgan fingerprint density at radius 1 is 0.857 bits per heavy atom. The van der Waals surface area contributed by atoms with Gasteiger partial charge in [-0.25, -0.2) is 0 Å². The molecule has 0 aliphatic heterocycles. The SMILES string of the molecule is CCNC(=NCCc1ccc(OC)c(OC)c1OC)NCCc1ccccc1. The number of hydrogen-bond donors (Lipinski definition) is 2. The van der Waals surface area contributed by atoms with Crippen LogP contribution in [-0.2, 0) is 12.8 Å². The Hall–Kier alpha value is -2.89. The molecule has 0 spiro atoms. The van der Waals surface area contributed by atoms with Gasteiger partial charge in [-0.15, -0.1) is 0 Å². The molecule has 6 nitrogen and oxygen atoms in total. The van der Waals surface area contributed by atoms with Gasteiger partial charge in [0.25, 0.3) is 0 Å². The third-order valence-corrected chi connectivity index (χ3v) is 4.33. The van der Waals surface area contributed by atoms with Gasteiger partial charge in [-0.1, -0.05) is 36.4 Å². The first-order valence-corrected chi connectivity index (χ1v) is 9.57. The molecule has 0 aliphatic carbocycles. The summed E-state index contributed by atoms with van der Waals surface area (Å²) in [4.78, 5) is 4.68. The molecule has 0 radical (unpaired) electrons. The van der Waals surface area contributed by atoms with Gasteiger partial charge in [0.05, 0.1) is 21.3 Å². The van der Waals surface area contributed by atoms with Gasteiger partial charge in [0.15, 0.2) is 17.5 Å². The van der Waals surface area contributed by atoms with Crippen molar-refractivity contribution >= 4 is 5.96 Å². The van der Waals surface area contributed by atoms with Gasteiger partial charge in [-0.05, 0) is 31.4 Å². The Balaban J connectivity index is 1.97. The molecule has 2 rings (SSSR count). The van der Waals surface area contributed by atoms with E-state index in [1.807, 2.05) is 18.2 Å². The van der Waals surface area contributed by atoms with Crippen molar-refractivity contribution < 1.29 is 14.2 Å². The Labute approximate surface area is 167 Å². The number of nitrogens with zero attached hydrogens (tertiary/aromatic N) is 1. The van der Waals surface area contributed by atoms with E-state index in [1.165, 1.54) is 5.56 Å². The van der Waals surface area contributed by atoms with E-state index >= 15 is 0 Å². The molecule has 0 unspecified atom stereocenters. The standard InChI is InChI=1S/C22H31N3O3/c1-5-23-22(24-15-13-17-9-7-6-8-10-17)25-16-14-18-11-12-19(26-2)21(28-4)20(18)27-3/h6-12H,5,13-16H2,1-4H3,(H2,23,24,25). The lowest BCUT2D eigenvalue weighted by Gasteiger charge is -2.15. The summed E-state index contributed by atoms with van der Waals surface area (Å²) >= 11 is 0. The molecule has 0 saturated heterocycles. The van der Waals surface area contributed by atoms with Crippen molar-refractivity contribution in [1.29, 1.82) is 0 Å². The Morgan fingerprint density at radius 3 is 2.25 bits per heavy atom. The van der Waals surface area contributed by atoms with E-state index in [0.29, 0.717) is 23.8 Å². The first kappa shape index (κ1) is 21.4. The van der Waals surface area contributed by atoms with E-state index in [2.05, 4.69) is 46.8 Å². The van der Waals surface area contributed by atoms with Crippen LogP contribution in [0.2, 0.25) is 0 Å². The first-order chi connectivity index (χ1) is 13.7. The quantitative estimate of drug-likeness (QED) is 0.486. The van der Waals surface area contributed by atoms with Gasteiger partial charge in [0.1, 0.15) is 0 Å². The third-order valence-electron chi connectivity index (χ3n) is 4.33. The van der Waals surface area contributed by atoms with E-state index in [0.717, 1.165) is 37.5 Å². The molecule has 152 valence electrons. The highest BCUT2D eigenvalue weighted by molar-refractivity contribution is 5.79. The van der Waals surface area contributed by atoms with E-state index < -0.39 is 0 Å². The maximum absolute atomic E-state index is 5.54. The first-order valence-electron chi connectivity index (χ1n) is 9.57. The predicted octanol–water partition coefficient (Wildman–Crippen LogP) is 3.05. The molecule has 0 fully saturated rings. The second-order valence-electron chi connectivity index (χ2n) is 6.17. The summed E-state index contributed by atoms with van der Waals surface area (Å²) in [5.74, 6) is 2.78. The minimum atomic E-state index is 0.611. The van der Waals surface area contributed by atoms with Crippen molar-refractivity contribution in [3.8, 4) is 17.2 Å². The number of aliphatic imine (C=N–C) groups is 1. The van der Waals surface area contributed by atoms with Crippen LogP contribution < -0.4 is 24.8 Å². The second-order valence-corrected chi connectivity index (χ2v) is 6.17. The number of guanidine groups is 1. The fourth-order valence-electron chi connectivity index (χ4n) is 2.96. The van der Waals surface area contributed by atoms with Crippen LogP contribution in [0.3, 0.4) is 0 Å². The van der Waals surface area contributed by atoms with Crippen molar-refractivity contribution in [1.82, 2.24) is 10.6 Å². The Bertz CT molecular complexity index is 748. The van der Waals surface area contributed by atoms with Crippen molar-refractivity contribution in [2.45, 2.75) is 19.8 Å². The maximum Gasteiger partial charge on any atom is 0.203 e. The number of methoxy groups -OCH3 is 3. The minimum absolute atomic E-state index is 0.611. The number of rotatable bonds is 10. The van der Waals surface area contributed by atoms with Crippen LogP contribution >= 0.6 is 0 Å². The number of benzene rings is 2.